The van der Waals surface area contributed by atoms with Crippen molar-refractivity contribution in [2.45, 2.75) is 51.7 Å². The average molecular weight is 315 g/mol. The first-order valence-electron chi connectivity index (χ1n) is 6.87. The molecule has 0 saturated heterocycles. The van der Waals surface area contributed by atoms with Gasteiger partial charge in [-0.3, -0.25) is 4.79 Å². The largest absolute Gasteiger partial charge is 0.387 e. The summed E-state index contributed by atoms with van der Waals surface area (Å²) in [5, 5.41) is 12.7. The topological polar surface area (TPSA) is 75.4 Å². The van der Waals surface area contributed by atoms with Crippen molar-refractivity contribution in [2.75, 3.05) is 6.54 Å². The summed E-state index contributed by atoms with van der Waals surface area (Å²) in [6, 6.07) is 7.80. The highest BCUT2D eigenvalue weighted by Gasteiger charge is 2.22. The lowest BCUT2D eigenvalue weighted by Crippen LogP contribution is -2.49. The maximum absolute atomic E-state index is 11.6. The SMILES string of the molecule is CC(C)(N)C(=O)NCC(O)c1ccc(C(C)(C)C)cc1.Cl. The normalized spacial score (nSPS) is 13.3. The molecule has 120 valence electrons. The molecule has 4 nitrogen and oxygen atoms in total. The number of halogens is 1. The van der Waals surface area contributed by atoms with Crippen molar-refractivity contribution in [2.24, 2.45) is 5.73 Å². The lowest BCUT2D eigenvalue weighted by molar-refractivity contribution is -0.125. The number of carbonyl (C=O) groups excluding carboxylic acids is 1. The molecule has 1 aromatic rings. The number of carbonyl (C=O) groups is 1. The Morgan fingerprint density at radius 3 is 2.05 bits per heavy atom. The van der Waals surface area contributed by atoms with Gasteiger partial charge in [-0.2, -0.15) is 0 Å². The van der Waals surface area contributed by atoms with Crippen molar-refractivity contribution in [3.8, 4) is 0 Å². The second kappa shape index (κ2) is 7.25. The second-order valence-corrected chi connectivity index (χ2v) is 6.82. The van der Waals surface area contributed by atoms with E-state index in [9.17, 15) is 9.90 Å². The van der Waals surface area contributed by atoms with Gasteiger partial charge in [0, 0.05) is 6.54 Å². The number of amides is 1. The fourth-order valence-corrected chi connectivity index (χ4v) is 1.74. The Morgan fingerprint density at radius 1 is 1.19 bits per heavy atom. The van der Waals surface area contributed by atoms with E-state index in [0.29, 0.717) is 0 Å². The number of benzene rings is 1. The van der Waals surface area contributed by atoms with Gasteiger partial charge < -0.3 is 16.2 Å². The summed E-state index contributed by atoms with van der Waals surface area (Å²) in [6.45, 7) is 9.85. The number of nitrogens with one attached hydrogen (secondary N) is 1. The molecule has 0 aliphatic heterocycles. The minimum Gasteiger partial charge on any atom is -0.387 e. The van der Waals surface area contributed by atoms with E-state index in [0.717, 1.165) is 5.56 Å². The maximum Gasteiger partial charge on any atom is 0.239 e. The molecule has 0 heterocycles. The lowest BCUT2D eigenvalue weighted by atomic mass is 9.86. The van der Waals surface area contributed by atoms with Gasteiger partial charge in [0.05, 0.1) is 11.6 Å². The number of hydrogen-bond acceptors (Lipinski definition) is 3. The van der Waals surface area contributed by atoms with Crippen molar-refractivity contribution >= 4 is 18.3 Å². The van der Waals surface area contributed by atoms with Crippen LogP contribution in [0.1, 0.15) is 51.8 Å². The highest BCUT2D eigenvalue weighted by atomic mass is 35.5. The monoisotopic (exact) mass is 314 g/mol. The number of aliphatic hydroxyl groups excluding tert-OH is 1. The van der Waals surface area contributed by atoms with Crippen LogP contribution in [0.3, 0.4) is 0 Å². The predicted octanol–water partition coefficient (Wildman–Crippen LogP) is 2.29. The Kier molecular flexibility index (Phi) is 6.87. The summed E-state index contributed by atoms with van der Waals surface area (Å²) in [5.74, 6) is -0.275. The Bertz CT molecular complexity index is 459. The van der Waals surface area contributed by atoms with E-state index in [-0.39, 0.29) is 30.3 Å². The van der Waals surface area contributed by atoms with Gasteiger partial charge in [0.25, 0.3) is 0 Å². The summed E-state index contributed by atoms with van der Waals surface area (Å²) < 4.78 is 0. The molecule has 0 aliphatic rings. The first-order chi connectivity index (χ1) is 9.01. The van der Waals surface area contributed by atoms with Gasteiger partial charge in [0.1, 0.15) is 0 Å². The quantitative estimate of drug-likeness (QED) is 0.798. The van der Waals surface area contributed by atoms with Crippen LogP contribution in [0.5, 0.6) is 0 Å². The lowest BCUT2D eigenvalue weighted by Gasteiger charge is -2.21. The summed E-state index contributed by atoms with van der Waals surface area (Å²) >= 11 is 0. The van der Waals surface area contributed by atoms with Gasteiger partial charge in [-0.1, -0.05) is 45.0 Å². The third-order valence-corrected chi connectivity index (χ3v) is 3.20. The number of hydrogen-bond donors (Lipinski definition) is 3. The molecule has 0 fully saturated rings. The van der Waals surface area contributed by atoms with E-state index < -0.39 is 11.6 Å². The van der Waals surface area contributed by atoms with Crippen molar-refractivity contribution in [1.82, 2.24) is 5.32 Å². The fourth-order valence-electron chi connectivity index (χ4n) is 1.74. The molecule has 0 aromatic heterocycles. The zero-order valence-corrected chi connectivity index (χ0v) is 14.3. The molecule has 4 N–H and O–H groups in total. The standard InChI is InChI=1S/C16H26N2O2.ClH/c1-15(2,3)12-8-6-11(7-9-12)13(19)10-18-14(20)16(4,5)17;/h6-9,13,19H,10,17H2,1-5H3,(H,18,20);1H. The van der Waals surface area contributed by atoms with Crippen LogP contribution in [0.15, 0.2) is 24.3 Å². The molecule has 0 aliphatic carbocycles. The van der Waals surface area contributed by atoms with Gasteiger partial charge in [0.15, 0.2) is 0 Å². The second-order valence-electron chi connectivity index (χ2n) is 6.82. The molecule has 1 unspecified atom stereocenters. The zero-order chi connectivity index (χ0) is 15.6. The molecule has 1 aromatic carbocycles. The van der Waals surface area contributed by atoms with Crippen LogP contribution in [0, 0.1) is 0 Å². The number of nitrogens with two attached hydrogens (primary N) is 1. The summed E-state index contributed by atoms with van der Waals surface area (Å²) in [6.07, 6.45) is -0.727. The smallest absolute Gasteiger partial charge is 0.239 e. The van der Waals surface area contributed by atoms with Crippen LogP contribution >= 0.6 is 12.4 Å². The first-order valence-corrected chi connectivity index (χ1v) is 6.87. The molecule has 0 bridgehead atoms. The molecule has 1 atom stereocenters. The highest BCUT2D eigenvalue weighted by Crippen LogP contribution is 2.23. The van der Waals surface area contributed by atoms with Crippen molar-refractivity contribution in [3.05, 3.63) is 35.4 Å². The molecule has 0 saturated carbocycles. The Hall–Kier alpha value is -1.10. The molecule has 1 amide bonds. The van der Waals surface area contributed by atoms with Crippen LogP contribution in [0.2, 0.25) is 0 Å². The van der Waals surface area contributed by atoms with Gasteiger partial charge in [-0.25, -0.2) is 0 Å². The molecule has 1 rings (SSSR count). The number of rotatable bonds is 4. The summed E-state index contributed by atoms with van der Waals surface area (Å²) in [5.41, 5.74) is 6.82. The van der Waals surface area contributed by atoms with E-state index >= 15 is 0 Å². The number of aliphatic hydroxyl groups is 1. The van der Waals surface area contributed by atoms with Crippen LogP contribution in [-0.2, 0) is 10.2 Å². The van der Waals surface area contributed by atoms with E-state index in [2.05, 4.69) is 26.1 Å². The van der Waals surface area contributed by atoms with E-state index in [1.807, 2.05) is 24.3 Å². The third-order valence-electron chi connectivity index (χ3n) is 3.20. The molecule has 0 spiro atoms. The third kappa shape index (κ3) is 6.04. The van der Waals surface area contributed by atoms with E-state index in [1.165, 1.54) is 5.56 Å². The average Bonchev–Trinajstić information content (AvgIpc) is 2.33. The molecular weight excluding hydrogens is 288 g/mol. The summed E-state index contributed by atoms with van der Waals surface area (Å²) in [4.78, 5) is 11.6. The van der Waals surface area contributed by atoms with Gasteiger partial charge in [0.2, 0.25) is 5.91 Å². The minimum absolute atomic E-state index is 0. The summed E-state index contributed by atoms with van der Waals surface area (Å²) in [7, 11) is 0. The molecule has 21 heavy (non-hydrogen) atoms. The minimum atomic E-state index is -0.935. The Balaban J connectivity index is 0.00000400. The Morgan fingerprint density at radius 2 is 1.67 bits per heavy atom. The Labute approximate surface area is 133 Å². The first kappa shape index (κ1) is 19.9. The van der Waals surface area contributed by atoms with Crippen molar-refractivity contribution < 1.29 is 9.90 Å². The van der Waals surface area contributed by atoms with Crippen LogP contribution in [-0.4, -0.2) is 23.1 Å². The van der Waals surface area contributed by atoms with E-state index in [1.54, 1.807) is 13.8 Å². The predicted molar refractivity (Wildman–Crippen MR) is 88.6 cm³/mol. The highest BCUT2D eigenvalue weighted by molar-refractivity contribution is 5.85. The van der Waals surface area contributed by atoms with Gasteiger partial charge >= 0.3 is 0 Å². The van der Waals surface area contributed by atoms with E-state index in [4.69, 9.17) is 5.73 Å². The molecule has 5 heteroatoms. The zero-order valence-electron chi connectivity index (χ0n) is 13.4. The van der Waals surface area contributed by atoms with Gasteiger partial charge in [-0.15, -0.1) is 12.4 Å². The van der Waals surface area contributed by atoms with Crippen molar-refractivity contribution in [3.63, 3.8) is 0 Å². The maximum atomic E-state index is 11.6. The van der Waals surface area contributed by atoms with Crippen molar-refractivity contribution in [1.29, 1.82) is 0 Å². The fraction of sp³-hybridized carbons (Fsp3) is 0.562. The van der Waals surface area contributed by atoms with Crippen LogP contribution < -0.4 is 11.1 Å². The van der Waals surface area contributed by atoms with Crippen LogP contribution in [0.4, 0.5) is 0 Å². The molecule has 0 radical (unpaired) electrons. The van der Waals surface area contributed by atoms with Gasteiger partial charge in [-0.05, 0) is 30.4 Å². The molecular formula is C16H27ClN2O2. The van der Waals surface area contributed by atoms with Crippen LogP contribution in [0.25, 0.3) is 0 Å².